The highest BCUT2D eigenvalue weighted by Gasteiger charge is 2.28. The zero-order valence-electron chi connectivity index (χ0n) is 13.4. The third kappa shape index (κ3) is 4.55. The standard InChI is InChI=1S/C16H34N2/c1-13(16(2,3)4)18(6)12-15(17-5)14-10-8-7-9-11-14/h13-15,17H,7-12H2,1-6H3. The molecule has 1 fully saturated rings. The third-order valence-corrected chi connectivity index (χ3v) is 4.99. The van der Waals surface area contributed by atoms with E-state index in [1.807, 2.05) is 0 Å². The molecule has 0 radical (unpaired) electrons. The van der Waals surface area contributed by atoms with E-state index >= 15 is 0 Å². The van der Waals surface area contributed by atoms with E-state index in [1.165, 1.54) is 38.6 Å². The monoisotopic (exact) mass is 254 g/mol. The van der Waals surface area contributed by atoms with E-state index in [-0.39, 0.29) is 0 Å². The maximum atomic E-state index is 3.57. The van der Waals surface area contributed by atoms with E-state index in [4.69, 9.17) is 0 Å². The van der Waals surface area contributed by atoms with Crippen molar-refractivity contribution in [2.75, 3.05) is 20.6 Å². The average Bonchev–Trinajstić information content (AvgIpc) is 2.34. The van der Waals surface area contributed by atoms with Crippen molar-refractivity contribution in [3.63, 3.8) is 0 Å². The van der Waals surface area contributed by atoms with Crippen LogP contribution in [-0.4, -0.2) is 37.6 Å². The SMILES string of the molecule is CNC(CN(C)C(C)C(C)(C)C)C1CCCCC1. The van der Waals surface area contributed by atoms with Gasteiger partial charge in [-0.2, -0.15) is 0 Å². The average molecular weight is 254 g/mol. The molecule has 2 nitrogen and oxygen atoms in total. The first-order valence-electron chi connectivity index (χ1n) is 7.73. The summed E-state index contributed by atoms with van der Waals surface area (Å²) < 4.78 is 0. The fourth-order valence-corrected chi connectivity index (χ4v) is 3.14. The molecule has 0 heterocycles. The molecule has 0 bridgehead atoms. The van der Waals surface area contributed by atoms with Crippen molar-refractivity contribution in [2.24, 2.45) is 11.3 Å². The fourth-order valence-electron chi connectivity index (χ4n) is 3.14. The number of likely N-dealkylation sites (N-methyl/N-ethyl adjacent to an activating group) is 2. The van der Waals surface area contributed by atoms with Gasteiger partial charge >= 0.3 is 0 Å². The van der Waals surface area contributed by atoms with Crippen LogP contribution in [0.5, 0.6) is 0 Å². The van der Waals surface area contributed by atoms with E-state index in [0.29, 0.717) is 17.5 Å². The smallest absolute Gasteiger partial charge is 0.0220 e. The fraction of sp³-hybridized carbons (Fsp3) is 1.00. The van der Waals surface area contributed by atoms with Gasteiger partial charge in [0.25, 0.3) is 0 Å². The van der Waals surface area contributed by atoms with Crippen molar-refractivity contribution in [1.29, 1.82) is 0 Å². The van der Waals surface area contributed by atoms with Gasteiger partial charge < -0.3 is 10.2 Å². The van der Waals surface area contributed by atoms with Crippen molar-refractivity contribution in [3.05, 3.63) is 0 Å². The zero-order chi connectivity index (χ0) is 13.8. The van der Waals surface area contributed by atoms with Crippen LogP contribution in [0.15, 0.2) is 0 Å². The Balaban J connectivity index is 2.51. The Morgan fingerprint density at radius 1 is 1.17 bits per heavy atom. The topological polar surface area (TPSA) is 15.3 Å². The number of hydrogen-bond donors (Lipinski definition) is 1. The van der Waals surface area contributed by atoms with Crippen LogP contribution in [0.25, 0.3) is 0 Å². The molecular weight excluding hydrogens is 220 g/mol. The highest BCUT2D eigenvalue weighted by Crippen LogP contribution is 2.28. The lowest BCUT2D eigenvalue weighted by Gasteiger charge is -2.39. The second-order valence-electron chi connectivity index (χ2n) is 7.27. The Kier molecular flexibility index (Phi) is 6.13. The Bertz CT molecular complexity index is 226. The van der Waals surface area contributed by atoms with E-state index in [2.05, 4.69) is 52.0 Å². The van der Waals surface area contributed by atoms with Gasteiger partial charge in [-0.15, -0.1) is 0 Å². The maximum Gasteiger partial charge on any atom is 0.0220 e. The lowest BCUT2D eigenvalue weighted by Crippen LogP contribution is -2.49. The lowest BCUT2D eigenvalue weighted by atomic mass is 9.82. The van der Waals surface area contributed by atoms with Crippen molar-refractivity contribution in [3.8, 4) is 0 Å². The molecule has 18 heavy (non-hydrogen) atoms. The maximum absolute atomic E-state index is 3.57. The second-order valence-corrected chi connectivity index (χ2v) is 7.27. The van der Waals surface area contributed by atoms with Gasteiger partial charge in [0, 0.05) is 18.6 Å². The normalized spacial score (nSPS) is 22.2. The predicted molar refractivity (Wildman–Crippen MR) is 81.0 cm³/mol. The Morgan fingerprint density at radius 3 is 2.17 bits per heavy atom. The lowest BCUT2D eigenvalue weighted by molar-refractivity contribution is 0.113. The van der Waals surface area contributed by atoms with Crippen LogP contribution in [0.3, 0.4) is 0 Å². The molecule has 108 valence electrons. The van der Waals surface area contributed by atoms with Crippen LogP contribution in [-0.2, 0) is 0 Å². The zero-order valence-corrected chi connectivity index (χ0v) is 13.4. The van der Waals surface area contributed by atoms with E-state index < -0.39 is 0 Å². The second kappa shape index (κ2) is 6.91. The summed E-state index contributed by atoms with van der Waals surface area (Å²) in [4.78, 5) is 2.54. The van der Waals surface area contributed by atoms with E-state index in [1.54, 1.807) is 0 Å². The molecule has 0 aliphatic heterocycles. The third-order valence-electron chi connectivity index (χ3n) is 4.99. The number of nitrogens with one attached hydrogen (secondary N) is 1. The van der Waals surface area contributed by atoms with Gasteiger partial charge in [0.15, 0.2) is 0 Å². The summed E-state index contributed by atoms with van der Waals surface area (Å²) in [6.07, 6.45) is 7.15. The summed E-state index contributed by atoms with van der Waals surface area (Å²) in [5.41, 5.74) is 0.361. The molecule has 0 aromatic carbocycles. The van der Waals surface area contributed by atoms with Crippen molar-refractivity contribution in [1.82, 2.24) is 10.2 Å². The molecule has 1 rings (SSSR count). The Morgan fingerprint density at radius 2 is 1.72 bits per heavy atom. The minimum atomic E-state index is 0.361. The molecule has 2 heteroatoms. The van der Waals surface area contributed by atoms with Gasteiger partial charge in [0.05, 0.1) is 0 Å². The van der Waals surface area contributed by atoms with Gasteiger partial charge in [-0.3, -0.25) is 0 Å². The summed E-state index contributed by atoms with van der Waals surface area (Å²) in [6.45, 7) is 10.5. The minimum absolute atomic E-state index is 0.361. The van der Waals surface area contributed by atoms with Gasteiger partial charge in [-0.05, 0) is 45.2 Å². The molecule has 2 unspecified atom stereocenters. The van der Waals surface area contributed by atoms with Gasteiger partial charge in [0.1, 0.15) is 0 Å². The quantitative estimate of drug-likeness (QED) is 0.807. The van der Waals surface area contributed by atoms with Gasteiger partial charge in [-0.25, -0.2) is 0 Å². The first-order valence-corrected chi connectivity index (χ1v) is 7.73. The summed E-state index contributed by atoms with van der Waals surface area (Å²) in [5.74, 6) is 0.887. The molecule has 0 aromatic rings. The first-order chi connectivity index (χ1) is 8.36. The van der Waals surface area contributed by atoms with Crippen molar-refractivity contribution >= 4 is 0 Å². The van der Waals surface area contributed by atoms with Crippen molar-refractivity contribution in [2.45, 2.75) is 71.9 Å². The largest absolute Gasteiger partial charge is 0.315 e. The van der Waals surface area contributed by atoms with Crippen LogP contribution in [0.2, 0.25) is 0 Å². The Hall–Kier alpha value is -0.0800. The number of nitrogens with zero attached hydrogens (tertiary/aromatic N) is 1. The highest BCUT2D eigenvalue weighted by molar-refractivity contribution is 4.84. The molecule has 0 spiro atoms. The van der Waals surface area contributed by atoms with Crippen LogP contribution >= 0.6 is 0 Å². The van der Waals surface area contributed by atoms with Crippen LogP contribution in [0.1, 0.15) is 59.8 Å². The molecule has 1 aliphatic rings. The molecule has 1 saturated carbocycles. The molecule has 1 N–H and O–H groups in total. The van der Waals surface area contributed by atoms with Gasteiger partial charge in [0.2, 0.25) is 0 Å². The molecular formula is C16H34N2. The van der Waals surface area contributed by atoms with E-state index in [0.717, 1.165) is 5.92 Å². The summed E-state index contributed by atoms with van der Waals surface area (Å²) in [6, 6.07) is 1.29. The number of rotatable bonds is 5. The molecule has 0 saturated heterocycles. The predicted octanol–water partition coefficient (Wildman–Crippen LogP) is 3.52. The summed E-state index contributed by atoms with van der Waals surface area (Å²) >= 11 is 0. The van der Waals surface area contributed by atoms with Crippen LogP contribution < -0.4 is 5.32 Å². The van der Waals surface area contributed by atoms with Crippen molar-refractivity contribution < 1.29 is 0 Å². The first kappa shape index (κ1) is 16.0. The molecule has 0 amide bonds. The Labute approximate surface area is 115 Å². The van der Waals surface area contributed by atoms with Gasteiger partial charge in [-0.1, -0.05) is 40.0 Å². The molecule has 0 aromatic heterocycles. The summed E-state index contributed by atoms with van der Waals surface area (Å²) in [5, 5.41) is 3.57. The van der Waals surface area contributed by atoms with Crippen LogP contribution in [0.4, 0.5) is 0 Å². The minimum Gasteiger partial charge on any atom is -0.315 e. The highest BCUT2D eigenvalue weighted by atomic mass is 15.2. The van der Waals surface area contributed by atoms with Crippen LogP contribution in [0, 0.1) is 11.3 Å². The summed E-state index contributed by atoms with van der Waals surface area (Å²) in [7, 11) is 4.41. The number of hydrogen-bond acceptors (Lipinski definition) is 2. The van der Waals surface area contributed by atoms with E-state index in [9.17, 15) is 0 Å². The molecule has 1 aliphatic carbocycles. The molecule has 2 atom stereocenters.